The minimum Gasteiger partial charge on any atom is -0.497 e. The van der Waals surface area contributed by atoms with Crippen LogP contribution in [0.1, 0.15) is 42.4 Å². The molecule has 29 heavy (non-hydrogen) atoms. The monoisotopic (exact) mass is 415 g/mol. The van der Waals surface area contributed by atoms with Crippen LogP contribution >= 0.6 is 0 Å². The van der Waals surface area contributed by atoms with E-state index in [1.54, 1.807) is 13.2 Å². The Morgan fingerprint density at radius 3 is 2.38 bits per heavy atom. The summed E-state index contributed by atoms with van der Waals surface area (Å²) in [4.78, 5) is 0.370. The lowest BCUT2D eigenvalue weighted by atomic mass is 9.74. The van der Waals surface area contributed by atoms with Crippen molar-refractivity contribution in [2.24, 2.45) is 0 Å². The van der Waals surface area contributed by atoms with Gasteiger partial charge in [0.05, 0.1) is 12.0 Å². The molecule has 0 radical (unpaired) electrons. The average molecular weight is 416 g/mol. The number of aryl methyl sites for hydroxylation is 2. The van der Waals surface area contributed by atoms with Crippen LogP contribution < -0.4 is 9.46 Å². The summed E-state index contributed by atoms with van der Waals surface area (Å²) in [5, 5.41) is 0. The van der Waals surface area contributed by atoms with Gasteiger partial charge in [0.15, 0.2) is 0 Å². The number of nitrogens with one attached hydrogen (secondary N) is 1. The van der Waals surface area contributed by atoms with E-state index in [0.29, 0.717) is 24.7 Å². The van der Waals surface area contributed by atoms with Gasteiger partial charge in [0, 0.05) is 25.2 Å². The standard InChI is InChI=1S/C23H29NO4S/c1-27-21-9-7-20(8-10-21)23(12-14-28-15-13-23)17-24-29(25,26)22-11-6-18-4-2-3-5-19(18)16-22/h6-11,16,24H,2-5,12-15,17H2,1H3. The molecule has 0 aromatic heterocycles. The molecular formula is C23H29NO4S. The molecule has 0 bridgehead atoms. The van der Waals surface area contributed by atoms with Gasteiger partial charge in [0.2, 0.25) is 10.0 Å². The molecule has 4 rings (SSSR count). The number of hydrogen-bond acceptors (Lipinski definition) is 4. The van der Waals surface area contributed by atoms with Crippen LogP contribution in [0.25, 0.3) is 0 Å². The Morgan fingerprint density at radius 1 is 1.00 bits per heavy atom. The number of benzene rings is 2. The molecule has 2 aliphatic rings. The normalized spacial score (nSPS) is 18.8. The highest BCUT2D eigenvalue weighted by molar-refractivity contribution is 7.89. The summed E-state index contributed by atoms with van der Waals surface area (Å²) >= 11 is 0. The van der Waals surface area contributed by atoms with Crippen molar-refractivity contribution in [3.8, 4) is 5.75 Å². The molecular weight excluding hydrogens is 386 g/mol. The van der Waals surface area contributed by atoms with E-state index in [1.165, 1.54) is 17.5 Å². The predicted octanol–water partition coefficient (Wildman–Crippen LogP) is 3.60. The minimum absolute atomic E-state index is 0.272. The van der Waals surface area contributed by atoms with E-state index in [-0.39, 0.29) is 5.41 Å². The topological polar surface area (TPSA) is 64.6 Å². The van der Waals surface area contributed by atoms with Gasteiger partial charge in [-0.25, -0.2) is 13.1 Å². The molecule has 6 heteroatoms. The maximum atomic E-state index is 13.1. The van der Waals surface area contributed by atoms with Crippen molar-refractivity contribution in [1.82, 2.24) is 4.72 Å². The fourth-order valence-corrected chi connectivity index (χ4v) is 5.65. The quantitative estimate of drug-likeness (QED) is 0.783. The third kappa shape index (κ3) is 4.34. The number of hydrogen-bond donors (Lipinski definition) is 1. The number of methoxy groups -OCH3 is 1. The number of ether oxygens (including phenoxy) is 2. The average Bonchev–Trinajstić information content (AvgIpc) is 2.78. The SMILES string of the molecule is COc1ccc(C2(CNS(=O)(=O)c3ccc4c(c3)CCCC4)CCOCC2)cc1. The van der Waals surface area contributed by atoms with Crippen LogP contribution in [0, 0.1) is 0 Å². The van der Waals surface area contributed by atoms with Crippen LogP contribution in [0.15, 0.2) is 47.4 Å². The van der Waals surface area contributed by atoms with Gasteiger partial charge in [0.25, 0.3) is 0 Å². The molecule has 0 atom stereocenters. The summed E-state index contributed by atoms with van der Waals surface area (Å²) in [5.41, 5.74) is 3.31. The van der Waals surface area contributed by atoms with Gasteiger partial charge in [-0.1, -0.05) is 18.2 Å². The van der Waals surface area contributed by atoms with Crippen molar-refractivity contribution in [3.63, 3.8) is 0 Å². The third-order valence-corrected chi connectivity index (χ3v) is 7.78. The van der Waals surface area contributed by atoms with E-state index in [0.717, 1.165) is 43.4 Å². The molecule has 1 N–H and O–H groups in total. The Bertz CT molecular complexity index is 947. The van der Waals surface area contributed by atoms with E-state index in [1.807, 2.05) is 36.4 Å². The minimum atomic E-state index is -3.57. The smallest absolute Gasteiger partial charge is 0.240 e. The van der Waals surface area contributed by atoms with E-state index in [2.05, 4.69) is 4.72 Å². The second-order valence-electron chi connectivity index (χ2n) is 8.08. The van der Waals surface area contributed by atoms with Gasteiger partial charge in [-0.05, 0) is 79.5 Å². The van der Waals surface area contributed by atoms with E-state index < -0.39 is 10.0 Å². The highest BCUT2D eigenvalue weighted by Crippen LogP contribution is 2.35. The van der Waals surface area contributed by atoms with Crippen molar-refractivity contribution < 1.29 is 17.9 Å². The lowest BCUT2D eigenvalue weighted by molar-refractivity contribution is 0.0517. The second kappa shape index (κ2) is 8.46. The Balaban J connectivity index is 1.56. The third-order valence-electron chi connectivity index (χ3n) is 6.38. The van der Waals surface area contributed by atoms with E-state index in [4.69, 9.17) is 9.47 Å². The molecule has 1 saturated heterocycles. The molecule has 5 nitrogen and oxygen atoms in total. The summed E-state index contributed by atoms with van der Waals surface area (Å²) < 4.78 is 39.9. The van der Waals surface area contributed by atoms with Crippen molar-refractivity contribution in [1.29, 1.82) is 0 Å². The maximum absolute atomic E-state index is 13.1. The zero-order chi connectivity index (χ0) is 20.3. The fraction of sp³-hybridized carbons (Fsp3) is 0.478. The first-order chi connectivity index (χ1) is 14.0. The largest absolute Gasteiger partial charge is 0.497 e. The Kier molecular flexibility index (Phi) is 5.95. The molecule has 0 spiro atoms. The molecule has 1 aliphatic heterocycles. The highest BCUT2D eigenvalue weighted by atomic mass is 32.2. The number of sulfonamides is 1. The lowest BCUT2D eigenvalue weighted by Gasteiger charge is -2.38. The Labute approximate surface area is 173 Å². The van der Waals surface area contributed by atoms with Gasteiger partial charge in [-0.15, -0.1) is 0 Å². The summed E-state index contributed by atoms with van der Waals surface area (Å²) in [5.74, 6) is 0.797. The van der Waals surface area contributed by atoms with Crippen molar-refractivity contribution >= 4 is 10.0 Å². The fourth-order valence-electron chi connectivity index (χ4n) is 4.47. The summed E-state index contributed by atoms with van der Waals surface area (Å²) in [7, 11) is -1.92. The Hall–Kier alpha value is -1.89. The maximum Gasteiger partial charge on any atom is 0.240 e. The van der Waals surface area contributed by atoms with Crippen molar-refractivity contribution in [2.75, 3.05) is 26.9 Å². The van der Waals surface area contributed by atoms with Crippen LogP contribution in [0.2, 0.25) is 0 Å². The van der Waals surface area contributed by atoms with Gasteiger partial charge in [0.1, 0.15) is 5.75 Å². The first-order valence-electron chi connectivity index (χ1n) is 10.4. The number of fused-ring (bicyclic) bond motifs is 1. The van der Waals surface area contributed by atoms with Crippen LogP contribution in [0.4, 0.5) is 0 Å². The molecule has 156 valence electrons. The van der Waals surface area contributed by atoms with Gasteiger partial charge in [-0.2, -0.15) is 0 Å². The first-order valence-corrected chi connectivity index (χ1v) is 11.8. The summed E-state index contributed by atoms with van der Waals surface area (Å²) in [6.07, 6.45) is 5.89. The summed E-state index contributed by atoms with van der Waals surface area (Å²) in [6, 6.07) is 13.5. The highest BCUT2D eigenvalue weighted by Gasteiger charge is 2.36. The van der Waals surface area contributed by atoms with Gasteiger partial charge >= 0.3 is 0 Å². The predicted molar refractivity (Wildman–Crippen MR) is 113 cm³/mol. The van der Waals surface area contributed by atoms with Gasteiger partial charge < -0.3 is 9.47 Å². The second-order valence-corrected chi connectivity index (χ2v) is 9.85. The zero-order valence-electron chi connectivity index (χ0n) is 16.9. The lowest BCUT2D eigenvalue weighted by Crippen LogP contribution is -2.44. The molecule has 0 unspecified atom stereocenters. The first kappa shape index (κ1) is 20.4. The van der Waals surface area contributed by atoms with E-state index in [9.17, 15) is 8.42 Å². The zero-order valence-corrected chi connectivity index (χ0v) is 17.8. The van der Waals surface area contributed by atoms with E-state index >= 15 is 0 Å². The van der Waals surface area contributed by atoms with Crippen molar-refractivity contribution in [2.45, 2.75) is 48.8 Å². The Morgan fingerprint density at radius 2 is 1.69 bits per heavy atom. The van der Waals surface area contributed by atoms with Crippen molar-refractivity contribution in [3.05, 3.63) is 59.2 Å². The van der Waals surface area contributed by atoms with Crippen LogP contribution in [-0.4, -0.2) is 35.3 Å². The van der Waals surface area contributed by atoms with Crippen LogP contribution in [-0.2, 0) is 33.0 Å². The molecule has 0 saturated carbocycles. The molecule has 1 heterocycles. The molecule has 1 fully saturated rings. The molecule has 1 aliphatic carbocycles. The molecule has 0 amide bonds. The molecule has 2 aromatic carbocycles. The number of rotatable bonds is 6. The van der Waals surface area contributed by atoms with Crippen LogP contribution in [0.3, 0.4) is 0 Å². The van der Waals surface area contributed by atoms with Gasteiger partial charge in [-0.3, -0.25) is 0 Å². The summed E-state index contributed by atoms with van der Waals surface area (Å²) in [6.45, 7) is 1.63. The molecule has 2 aromatic rings. The van der Waals surface area contributed by atoms with Crippen LogP contribution in [0.5, 0.6) is 5.75 Å².